The minimum atomic E-state index is -1.20. The van der Waals surface area contributed by atoms with Crippen molar-refractivity contribution in [1.29, 1.82) is 0 Å². The number of rotatable bonds is 6. The van der Waals surface area contributed by atoms with Gasteiger partial charge in [-0.15, -0.1) is 0 Å². The molecule has 0 fully saturated rings. The number of hydrogen-bond donors (Lipinski definition) is 3. The van der Waals surface area contributed by atoms with E-state index in [4.69, 9.17) is 20.9 Å². The zero-order chi connectivity index (χ0) is 18.4. The van der Waals surface area contributed by atoms with Gasteiger partial charge >= 0.3 is 11.9 Å². The van der Waals surface area contributed by atoms with E-state index < -0.39 is 35.3 Å². The number of ether oxygens (including phenoxy) is 2. The Morgan fingerprint density at radius 3 is 1.65 bits per heavy atom. The number of aliphatic hydroxyl groups excluding tert-OH is 1. The summed E-state index contributed by atoms with van der Waals surface area (Å²) in [5.74, 6) is -2.84. The first-order chi connectivity index (χ1) is 10.2. The molecule has 0 saturated heterocycles. The second-order valence-corrected chi connectivity index (χ2v) is 7.23. The molecule has 1 unspecified atom stereocenters. The van der Waals surface area contributed by atoms with Crippen molar-refractivity contribution in [2.45, 2.75) is 71.8 Å². The Labute approximate surface area is 137 Å². The number of nitrogens with two attached hydrogens (primary N) is 2. The van der Waals surface area contributed by atoms with Gasteiger partial charge in [0.15, 0.2) is 11.9 Å². The highest BCUT2D eigenvalue weighted by atomic mass is 16.6. The first-order valence-electron chi connectivity index (χ1n) is 7.44. The zero-order valence-corrected chi connectivity index (χ0v) is 14.8. The van der Waals surface area contributed by atoms with E-state index >= 15 is 0 Å². The van der Waals surface area contributed by atoms with Crippen molar-refractivity contribution < 1.29 is 24.2 Å². The Hall–Kier alpha value is -1.83. The first kappa shape index (κ1) is 21.2. The molecular weight excluding hydrogens is 302 g/mol. The third kappa shape index (κ3) is 10.5. The maximum absolute atomic E-state index is 12.2. The fourth-order valence-electron chi connectivity index (χ4n) is 1.63. The predicted octanol–water partition coefficient (Wildman–Crippen LogP) is 0.658. The van der Waals surface area contributed by atoms with Crippen LogP contribution in [-0.4, -0.2) is 40.4 Å². The van der Waals surface area contributed by atoms with Gasteiger partial charge < -0.3 is 26.0 Å². The van der Waals surface area contributed by atoms with Gasteiger partial charge in [0.2, 0.25) is 0 Å². The largest absolute Gasteiger partial charge is 0.459 e. The van der Waals surface area contributed by atoms with Crippen LogP contribution in [0.1, 0.15) is 54.4 Å². The lowest BCUT2D eigenvalue weighted by Gasteiger charge is -2.26. The summed E-state index contributed by atoms with van der Waals surface area (Å²) in [6, 6.07) is 0. The highest BCUT2D eigenvalue weighted by molar-refractivity contribution is 5.95. The van der Waals surface area contributed by atoms with Crippen LogP contribution in [0, 0.1) is 5.92 Å². The second-order valence-electron chi connectivity index (χ2n) is 7.23. The van der Waals surface area contributed by atoms with Crippen LogP contribution in [-0.2, 0) is 19.1 Å². The minimum absolute atomic E-state index is 0.00176. The molecular formula is C15H29N3O5. The maximum Gasteiger partial charge on any atom is 0.320 e. The Kier molecular flexibility index (Phi) is 7.50. The van der Waals surface area contributed by atoms with Gasteiger partial charge in [-0.1, -0.05) is 0 Å². The minimum Gasteiger partial charge on any atom is -0.459 e. The fourth-order valence-corrected chi connectivity index (χ4v) is 1.63. The summed E-state index contributed by atoms with van der Waals surface area (Å²) in [4.78, 5) is 28.0. The molecule has 8 nitrogen and oxygen atoms in total. The van der Waals surface area contributed by atoms with E-state index in [2.05, 4.69) is 4.99 Å². The topological polar surface area (TPSA) is 137 Å². The molecule has 0 aromatic rings. The smallest absolute Gasteiger partial charge is 0.320 e. The molecule has 5 N–H and O–H groups in total. The molecule has 0 aliphatic heterocycles. The van der Waals surface area contributed by atoms with Crippen LogP contribution in [0.4, 0.5) is 0 Å². The number of aliphatic imine (C=N–C) groups is 1. The summed E-state index contributed by atoms with van der Waals surface area (Å²) in [6.07, 6.45) is -1.18. The molecule has 1 atom stereocenters. The van der Waals surface area contributed by atoms with Crippen molar-refractivity contribution >= 4 is 17.9 Å². The Morgan fingerprint density at radius 1 is 0.957 bits per heavy atom. The monoisotopic (exact) mass is 331 g/mol. The average Bonchev–Trinajstić information content (AvgIpc) is 2.22. The van der Waals surface area contributed by atoms with Crippen LogP contribution in [0.5, 0.6) is 0 Å². The third-order valence-electron chi connectivity index (χ3n) is 2.39. The van der Waals surface area contributed by atoms with Crippen molar-refractivity contribution in [1.82, 2.24) is 0 Å². The summed E-state index contributed by atoms with van der Waals surface area (Å²) in [6.45, 7) is 10.2. The summed E-state index contributed by atoms with van der Waals surface area (Å²) < 4.78 is 10.5. The number of carbonyl (C=O) groups excluding carboxylic acids is 2. The third-order valence-corrected chi connectivity index (χ3v) is 2.39. The SMILES string of the molecule is CC(C)(C)OC(=O)C(CCC(O)N=C(N)N)C(=O)OC(C)(C)C. The van der Waals surface area contributed by atoms with Crippen molar-refractivity contribution in [3.05, 3.63) is 0 Å². The number of esters is 2. The number of aliphatic hydroxyl groups is 1. The lowest BCUT2D eigenvalue weighted by Crippen LogP contribution is -2.37. The van der Waals surface area contributed by atoms with E-state index in [0.29, 0.717) is 0 Å². The van der Waals surface area contributed by atoms with Gasteiger partial charge in [0.05, 0.1) is 0 Å². The summed E-state index contributed by atoms with van der Waals surface area (Å²) >= 11 is 0. The van der Waals surface area contributed by atoms with Crippen molar-refractivity contribution in [2.75, 3.05) is 0 Å². The normalized spacial score (nSPS) is 13.4. The quantitative estimate of drug-likeness (QED) is 0.281. The zero-order valence-electron chi connectivity index (χ0n) is 14.8. The molecule has 8 heteroatoms. The van der Waals surface area contributed by atoms with Crippen LogP contribution in [0.2, 0.25) is 0 Å². The highest BCUT2D eigenvalue weighted by Crippen LogP contribution is 2.20. The Morgan fingerprint density at radius 2 is 1.35 bits per heavy atom. The van der Waals surface area contributed by atoms with Gasteiger partial charge in [0, 0.05) is 0 Å². The van der Waals surface area contributed by atoms with Crippen LogP contribution >= 0.6 is 0 Å². The molecule has 23 heavy (non-hydrogen) atoms. The number of guanidine groups is 1. The molecule has 134 valence electrons. The molecule has 0 amide bonds. The van der Waals surface area contributed by atoms with Gasteiger partial charge in [0.25, 0.3) is 0 Å². The van der Waals surface area contributed by atoms with Gasteiger partial charge in [0.1, 0.15) is 17.4 Å². The van der Waals surface area contributed by atoms with E-state index in [0.717, 1.165) is 0 Å². The van der Waals surface area contributed by atoms with Gasteiger partial charge in [-0.05, 0) is 54.4 Å². The molecule has 0 spiro atoms. The molecule has 0 aliphatic carbocycles. The van der Waals surface area contributed by atoms with Gasteiger partial charge in [-0.25, -0.2) is 4.99 Å². The number of hydrogen-bond acceptors (Lipinski definition) is 6. The molecule has 0 radical (unpaired) electrons. The Balaban J connectivity index is 5.04. The van der Waals surface area contributed by atoms with Gasteiger partial charge in [-0.3, -0.25) is 9.59 Å². The van der Waals surface area contributed by atoms with Crippen LogP contribution in [0.25, 0.3) is 0 Å². The highest BCUT2D eigenvalue weighted by Gasteiger charge is 2.34. The second kappa shape index (κ2) is 8.14. The van der Waals surface area contributed by atoms with Gasteiger partial charge in [-0.2, -0.15) is 0 Å². The molecule has 0 bridgehead atoms. The van der Waals surface area contributed by atoms with Crippen LogP contribution in [0.3, 0.4) is 0 Å². The molecule has 0 rings (SSSR count). The Bertz CT molecular complexity index is 417. The maximum atomic E-state index is 12.2. The molecule has 0 aliphatic rings. The van der Waals surface area contributed by atoms with Crippen molar-refractivity contribution in [3.8, 4) is 0 Å². The van der Waals surface area contributed by atoms with Crippen molar-refractivity contribution in [3.63, 3.8) is 0 Å². The number of nitrogens with zero attached hydrogens (tertiary/aromatic N) is 1. The summed E-state index contributed by atoms with van der Waals surface area (Å²) in [7, 11) is 0. The van der Waals surface area contributed by atoms with E-state index in [1.54, 1.807) is 41.5 Å². The van der Waals surface area contributed by atoms with Crippen LogP contribution in [0.15, 0.2) is 4.99 Å². The number of carbonyl (C=O) groups is 2. The van der Waals surface area contributed by atoms with E-state index in [1.807, 2.05) is 0 Å². The van der Waals surface area contributed by atoms with Crippen LogP contribution < -0.4 is 11.5 Å². The van der Waals surface area contributed by atoms with E-state index in [9.17, 15) is 14.7 Å². The lowest BCUT2D eigenvalue weighted by atomic mass is 10.0. The van der Waals surface area contributed by atoms with E-state index in [-0.39, 0.29) is 18.8 Å². The molecule has 0 saturated carbocycles. The van der Waals surface area contributed by atoms with E-state index in [1.165, 1.54) is 0 Å². The molecule has 0 aromatic carbocycles. The summed E-state index contributed by atoms with van der Waals surface area (Å²) in [5, 5.41) is 9.65. The van der Waals surface area contributed by atoms with Crippen molar-refractivity contribution in [2.24, 2.45) is 22.4 Å². The standard InChI is InChI=1S/C15H29N3O5/c1-14(2,3)22-11(20)9(12(21)23-15(4,5)6)7-8-10(19)18-13(16)17/h9-10,19H,7-8H2,1-6H3,(H4,16,17,18). The molecule has 0 aromatic heterocycles. The predicted molar refractivity (Wildman–Crippen MR) is 86.2 cm³/mol. The lowest BCUT2D eigenvalue weighted by molar-refractivity contribution is -0.174. The summed E-state index contributed by atoms with van der Waals surface area (Å²) in [5.41, 5.74) is 8.86. The first-order valence-corrected chi connectivity index (χ1v) is 7.44. The average molecular weight is 331 g/mol. The fraction of sp³-hybridized carbons (Fsp3) is 0.800. The molecule has 0 heterocycles.